The van der Waals surface area contributed by atoms with Crippen LogP contribution in [-0.4, -0.2) is 18.9 Å². The number of methoxy groups -OCH3 is 1. The zero-order valence-corrected chi connectivity index (χ0v) is 20.6. The Morgan fingerprint density at radius 2 is 1.47 bits per heavy atom. The summed E-state index contributed by atoms with van der Waals surface area (Å²) in [5.41, 5.74) is 3.20. The van der Waals surface area contributed by atoms with Gasteiger partial charge in [0.1, 0.15) is 11.0 Å². The standard InChI is InChI=1S/C30H26N2O3S/c1-35-26-14-8-13-25(21-26)32-30(34)29(23-11-6-3-7-12-23)36-27-18-16-24(17-19-27)31-28(33)20-15-22-9-4-2-5-10-22/h2-21,29H,1H3,(H,31,33)(H,32,34)/b20-15+. The summed E-state index contributed by atoms with van der Waals surface area (Å²) in [6, 6.07) is 34.0. The molecule has 2 amide bonds. The number of carbonyl (C=O) groups excluding carboxylic acids is 2. The van der Waals surface area contributed by atoms with Crippen molar-refractivity contribution < 1.29 is 14.3 Å². The van der Waals surface area contributed by atoms with Gasteiger partial charge in [-0.05, 0) is 53.6 Å². The van der Waals surface area contributed by atoms with Gasteiger partial charge in [-0.1, -0.05) is 66.7 Å². The summed E-state index contributed by atoms with van der Waals surface area (Å²) >= 11 is 1.44. The molecule has 5 nitrogen and oxygen atoms in total. The van der Waals surface area contributed by atoms with Gasteiger partial charge in [-0.15, -0.1) is 11.8 Å². The van der Waals surface area contributed by atoms with Crippen molar-refractivity contribution in [2.45, 2.75) is 10.1 Å². The fourth-order valence-electron chi connectivity index (χ4n) is 3.48. The predicted octanol–water partition coefficient (Wildman–Crippen LogP) is 6.82. The molecule has 36 heavy (non-hydrogen) atoms. The van der Waals surface area contributed by atoms with Crippen LogP contribution in [0.2, 0.25) is 0 Å². The third kappa shape index (κ3) is 7.10. The van der Waals surface area contributed by atoms with Gasteiger partial charge in [0.25, 0.3) is 0 Å². The molecule has 0 radical (unpaired) electrons. The number of rotatable bonds is 9. The molecule has 4 rings (SSSR count). The first-order valence-electron chi connectivity index (χ1n) is 11.4. The van der Waals surface area contributed by atoms with Gasteiger partial charge in [0.05, 0.1) is 7.11 Å². The van der Waals surface area contributed by atoms with E-state index in [1.165, 1.54) is 17.8 Å². The molecule has 1 unspecified atom stereocenters. The van der Waals surface area contributed by atoms with Crippen molar-refractivity contribution in [3.8, 4) is 5.75 Å². The lowest BCUT2D eigenvalue weighted by atomic mass is 10.1. The van der Waals surface area contributed by atoms with Gasteiger partial charge in [0.2, 0.25) is 11.8 Å². The highest BCUT2D eigenvalue weighted by Crippen LogP contribution is 2.37. The molecule has 180 valence electrons. The molecule has 0 aliphatic heterocycles. The van der Waals surface area contributed by atoms with Crippen LogP contribution in [0, 0.1) is 0 Å². The molecule has 0 bridgehead atoms. The molecule has 0 aliphatic carbocycles. The molecular formula is C30H26N2O3S. The lowest BCUT2D eigenvalue weighted by Gasteiger charge is -2.17. The van der Waals surface area contributed by atoms with E-state index in [0.29, 0.717) is 17.1 Å². The molecule has 0 spiro atoms. The Hall–Kier alpha value is -4.29. The van der Waals surface area contributed by atoms with Crippen molar-refractivity contribution in [2.24, 2.45) is 0 Å². The number of benzene rings is 4. The Morgan fingerprint density at radius 3 is 2.17 bits per heavy atom. The highest BCUT2D eigenvalue weighted by molar-refractivity contribution is 8.00. The van der Waals surface area contributed by atoms with Gasteiger partial charge in [-0.25, -0.2) is 0 Å². The Balaban J connectivity index is 1.44. The SMILES string of the molecule is COc1cccc(NC(=O)C(Sc2ccc(NC(=O)/C=C/c3ccccc3)cc2)c2ccccc2)c1. The quantitative estimate of drug-likeness (QED) is 0.198. The maximum atomic E-state index is 13.3. The maximum Gasteiger partial charge on any atom is 0.248 e. The zero-order valence-electron chi connectivity index (χ0n) is 19.8. The number of nitrogens with one attached hydrogen (secondary N) is 2. The maximum absolute atomic E-state index is 13.3. The minimum atomic E-state index is -0.466. The van der Waals surface area contributed by atoms with Crippen molar-refractivity contribution in [3.05, 3.63) is 126 Å². The van der Waals surface area contributed by atoms with E-state index >= 15 is 0 Å². The summed E-state index contributed by atoms with van der Waals surface area (Å²) in [7, 11) is 1.59. The normalized spacial score (nSPS) is 11.6. The Bertz CT molecular complexity index is 1320. The van der Waals surface area contributed by atoms with Crippen LogP contribution in [0.3, 0.4) is 0 Å². The monoisotopic (exact) mass is 494 g/mol. The molecular weight excluding hydrogens is 468 g/mol. The molecule has 1 atom stereocenters. The lowest BCUT2D eigenvalue weighted by molar-refractivity contribution is -0.116. The summed E-state index contributed by atoms with van der Waals surface area (Å²) in [5, 5.41) is 5.39. The van der Waals surface area contributed by atoms with Gasteiger partial charge in [-0.2, -0.15) is 0 Å². The molecule has 6 heteroatoms. The summed E-state index contributed by atoms with van der Waals surface area (Å²) < 4.78 is 5.26. The van der Waals surface area contributed by atoms with Crippen molar-refractivity contribution in [1.82, 2.24) is 0 Å². The molecule has 4 aromatic rings. The molecule has 4 aromatic carbocycles. The van der Waals surface area contributed by atoms with Crippen LogP contribution in [0.15, 0.2) is 120 Å². The van der Waals surface area contributed by atoms with Gasteiger partial charge in [0.15, 0.2) is 0 Å². The van der Waals surface area contributed by atoms with Crippen molar-refractivity contribution >= 4 is 41.0 Å². The second-order valence-electron chi connectivity index (χ2n) is 7.89. The summed E-state index contributed by atoms with van der Waals surface area (Å²) in [4.78, 5) is 26.5. The average Bonchev–Trinajstić information content (AvgIpc) is 2.92. The number of anilines is 2. The van der Waals surface area contributed by atoms with Gasteiger partial charge in [-0.3, -0.25) is 9.59 Å². The highest BCUT2D eigenvalue weighted by atomic mass is 32.2. The van der Waals surface area contributed by atoms with Crippen LogP contribution in [0.5, 0.6) is 5.75 Å². The van der Waals surface area contributed by atoms with Crippen LogP contribution in [0.4, 0.5) is 11.4 Å². The third-order valence-electron chi connectivity index (χ3n) is 5.28. The number of amides is 2. The van der Waals surface area contributed by atoms with Gasteiger partial charge in [0, 0.05) is 28.4 Å². The van der Waals surface area contributed by atoms with E-state index in [0.717, 1.165) is 16.0 Å². The summed E-state index contributed by atoms with van der Waals surface area (Å²) in [6.07, 6.45) is 3.28. The first-order chi connectivity index (χ1) is 17.6. The second kappa shape index (κ2) is 12.4. The Morgan fingerprint density at radius 1 is 0.778 bits per heavy atom. The molecule has 0 heterocycles. The minimum absolute atomic E-state index is 0.136. The van der Waals surface area contributed by atoms with Gasteiger partial charge >= 0.3 is 0 Å². The van der Waals surface area contributed by atoms with E-state index in [9.17, 15) is 9.59 Å². The largest absolute Gasteiger partial charge is 0.497 e. The Kier molecular flexibility index (Phi) is 8.57. The topological polar surface area (TPSA) is 67.4 Å². The molecule has 0 aromatic heterocycles. The molecule has 0 aliphatic rings. The number of ether oxygens (including phenoxy) is 1. The smallest absolute Gasteiger partial charge is 0.248 e. The second-order valence-corrected chi connectivity index (χ2v) is 9.07. The summed E-state index contributed by atoms with van der Waals surface area (Å²) in [6.45, 7) is 0. The predicted molar refractivity (Wildman–Crippen MR) is 147 cm³/mol. The van der Waals surface area contributed by atoms with E-state index in [1.807, 2.05) is 103 Å². The third-order valence-corrected chi connectivity index (χ3v) is 6.55. The van der Waals surface area contributed by atoms with Crippen molar-refractivity contribution in [2.75, 3.05) is 17.7 Å². The van der Waals surface area contributed by atoms with Crippen LogP contribution < -0.4 is 15.4 Å². The van der Waals surface area contributed by atoms with E-state index < -0.39 is 5.25 Å². The van der Waals surface area contributed by atoms with Crippen LogP contribution in [0.25, 0.3) is 6.08 Å². The Labute approximate surface area is 215 Å². The first-order valence-corrected chi connectivity index (χ1v) is 12.3. The van der Waals surface area contributed by atoms with E-state index in [4.69, 9.17) is 4.74 Å². The molecule has 2 N–H and O–H groups in total. The lowest BCUT2D eigenvalue weighted by Crippen LogP contribution is -2.19. The fourth-order valence-corrected chi connectivity index (χ4v) is 4.51. The van der Waals surface area contributed by atoms with Crippen molar-refractivity contribution in [1.29, 1.82) is 0 Å². The van der Waals surface area contributed by atoms with Gasteiger partial charge < -0.3 is 15.4 Å². The van der Waals surface area contributed by atoms with Crippen LogP contribution in [0.1, 0.15) is 16.4 Å². The van der Waals surface area contributed by atoms with E-state index in [2.05, 4.69) is 10.6 Å². The summed E-state index contributed by atoms with van der Waals surface area (Å²) in [5.74, 6) is 0.329. The number of hydrogen-bond donors (Lipinski definition) is 2. The number of carbonyl (C=O) groups is 2. The number of thioether (sulfide) groups is 1. The first kappa shape index (κ1) is 24.8. The van der Waals surface area contributed by atoms with Crippen molar-refractivity contribution in [3.63, 3.8) is 0 Å². The van der Waals surface area contributed by atoms with E-state index in [1.54, 1.807) is 19.3 Å². The molecule has 0 fully saturated rings. The van der Waals surface area contributed by atoms with Crippen LogP contribution >= 0.6 is 11.8 Å². The minimum Gasteiger partial charge on any atom is -0.497 e. The van der Waals surface area contributed by atoms with E-state index in [-0.39, 0.29) is 11.8 Å². The highest BCUT2D eigenvalue weighted by Gasteiger charge is 2.22. The van der Waals surface area contributed by atoms with Crippen LogP contribution in [-0.2, 0) is 9.59 Å². The molecule has 0 saturated carbocycles. The average molecular weight is 495 g/mol. The molecule has 0 saturated heterocycles. The zero-order chi connectivity index (χ0) is 25.2. The fraction of sp³-hybridized carbons (Fsp3) is 0.0667. The number of hydrogen-bond acceptors (Lipinski definition) is 4.